The van der Waals surface area contributed by atoms with Gasteiger partial charge in [0.2, 0.25) is 0 Å². The first-order valence-electron chi connectivity index (χ1n) is 10.1. The molecule has 6 nitrogen and oxygen atoms in total. The maximum Gasteiger partial charge on any atom is 0.290 e. The number of Topliss-reactive ketones (excluding diaryl/α,β-unsaturated/α-hetero) is 1. The minimum absolute atomic E-state index is 0.0621. The molecule has 0 aliphatic carbocycles. The average molecular weight is 389 g/mol. The maximum atomic E-state index is 12.8. The molecule has 28 heavy (non-hydrogen) atoms. The number of hydrogen-bond donors (Lipinski definition) is 2. The van der Waals surface area contributed by atoms with Gasteiger partial charge in [0, 0.05) is 38.3 Å². The first-order chi connectivity index (χ1) is 13.3. The summed E-state index contributed by atoms with van der Waals surface area (Å²) in [7, 11) is 0. The van der Waals surface area contributed by atoms with Crippen LogP contribution in [0.1, 0.15) is 52.1 Å². The fraction of sp³-hybridized carbons (Fsp3) is 0.545. The lowest BCUT2D eigenvalue weighted by atomic mass is 9.92. The van der Waals surface area contributed by atoms with Gasteiger partial charge in [-0.05, 0) is 43.9 Å². The van der Waals surface area contributed by atoms with Gasteiger partial charge in [0.1, 0.15) is 0 Å². The number of rotatable bonds is 10. The van der Waals surface area contributed by atoms with E-state index in [2.05, 4.69) is 18.7 Å². The Balaban J connectivity index is 2.44. The Kier molecular flexibility index (Phi) is 7.63. The molecule has 1 heterocycles. The number of aliphatic hydroxyl groups excluding tert-OH is 2. The van der Waals surface area contributed by atoms with Gasteiger partial charge in [-0.1, -0.05) is 26.0 Å². The van der Waals surface area contributed by atoms with Crippen molar-refractivity contribution in [1.29, 1.82) is 0 Å². The number of aliphatic hydroxyl groups is 2. The number of ketones is 1. The van der Waals surface area contributed by atoms with Crippen LogP contribution in [0.2, 0.25) is 0 Å². The van der Waals surface area contributed by atoms with E-state index in [1.165, 1.54) is 4.90 Å². The summed E-state index contributed by atoms with van der Waals surface area (Å²) in [5.41, 5.74) is 2.04. The van der Waals surface area contributed by atoms with Crippen LogP contribution in [0, 0.1) is 5.92 Å². The number of hydrogen-bond acceptors (Lipinski definition) is 5. The normalized spacial score (nSPS) is 17.0. The van der Waals surface area contributed by atoms with Gasteiger partial charge in [0.15, 0.2) is 11.5 Å². The molecule has 1 unspecified atom stereocenters. The van der Waals surface area contributed by atoms with Gasteiger partial charge in [0.25, 0.3) is 5.91 Å². The zero-order chi connectivity index (χ0) is 20.8. The number of amides is 1. The average Bonchev–Trinajstić information content (AvgIpc) is 2.92. The number of nitrogens with zero attached hydrogens (tertiary/aromatic N) is 2. The highest BCUT2D eigenvalue weighted by Gasteiger charge is 2.43. The van der Waals surface area contributed by atoms with E-state index in [9.17, 15) is 19.8 Å². The molecule has 1 aliphatic heterocycles. The second kappa shape index (κ2) is 9.73. The lowest BCUT2D eigenvalue weighted by Gasteiger charge is -2.28. The van der Waals surface area contributed by atoms with Gasteiger partial charge in [-0.3, -0.25) is 9.59 Å². The Bertz CT molecular complexity index is 721. The van der Waals surface area contributed by atoms with Crippen LogP contribution in [-0.4, -0.2) is 53.0 Å². The van der Waals surface area contributed by atoms with E-state index in [0.29, 0.717) is 6.42 Å². The second-order valence-corrected chi connectivity index (χ2v) is 7.53. The zero-order valence-corrected chi connectivity index (χ0v) is 17.3. The molecule has 1 atom stereocenters. The smallest absolute Gasteiger partial charge is 0.290 e. The topological polar surface area (TPSA) is 81.1 Å². The predicted octanol–water partition coefficient (Wildman–Crippen LogP) is 3.23. The van der Waals surface area contributed by atoms with Crippen LogP contribution in [0.5, 0.6) is 0 Å². The molecule has 6 heteroatoms. The highest BCUT2D eigenvalue weighted by atomic mass is 16.3. The van der Waals surface area contributed by atoms with Crippen LogP contribution in [0.3, 0.4) is 0 Å². The number of benzene rings is 1. The molecule has 0 radical (unpaired) electrons. The molecule has 1 amide bonds. The largest absolute Gasteiger partial charge is 0.503 e. The van der Waals surface area contributed by atoms with E-state index in [4.69, 9.17) is 0 Å². The zero-order valence-electron chi connectivity index (χ0n) is 17.3. The van der Waals surface area contributed by atoms with Crippen molar-refractivity contribution in [2.75, 3.05) is 31.1 Å². The molecule has 2 rings (SSSR count). The van der Waals surface area contributed by atoms with Crippen LogP contribution in [0.25, 0.3) is 0 Å². The molecule has 0 aromatic heterocycles. The molecule has 2 N–H and O–H groups in total. The van der Waals surface area contributed by atoms with Gasteiger partial charge >= 0.3 is 0 Å². The first kappa shape index (κ1) is 22.0. The van der Waals surface area contributed by atoms with Crippen molar-refractivity contribution >= 4 is 17.4 Å². The Hall–Kier alpha value is -2.34. The molecular formula is C22H32N2O4. The van der Waals surface area contributed by atoms with E-state index < -0.39 is 17.7 Å². The first-order valence-corrected chi connectivity index (χ1v) is 10.1. The number of anilines is 1. The lowest BCUT2D eigenvalue weighted by molar-refractivity contribution is -0.129. The third-order valence-electron chi connectivity index (χ3n) is 5.09. The molecule has 154 valence electrons. The summed E-state index contributed by atoms with van der Waals surface area (Å²) >= 11 is 0. The minimum atomic E-state index is -0.615. The van der Waals surface area contributed by atoms with Gasteiger partial charge in [-0.15, -0.1) is 0 Å². The third-order valence-corrected chi connectivity index (χ3v) is 5.09. The number of carbonyl (C=O) groups excluding carboxylic acids is 2. The van der Waals surface area contributed by atoms with Crippen molar-refractivity contribution in [2.45, 2.75) is 46.6 Å². The molecule has 0 saturated heterocycles. The maximum absolute atomic E-state index is 12.8. The summed E-state index contributed by atoms with van der Waals surface area (Å²) in [6, 6.07) is 7.18. The van der Waals surface area contributed by atoms with Crippen molar-refractivity contribution in [2.24, 2.45) is 5.92 Å². The van der Waals surface area contributed by atoms with Crippen LogP contribution in [0.4, 0.5) is 5.69 Å². The minimum Gasteiger partial charge on any atom is -0.503 e. The molecule has 0 saturated carbocycles. The van der Waals surface area contributed by atoms with E-state index in [0.717, 1.165) is 24.3 Å². The summed E-state index contributed by atoms with van der Waals surface area (Å²) < 4.78 is 0. The highest BCUT2D eigenvalue weighted by Crippen LogP contribution is 2.39. The molecule has 1 aromatic rings. The predicted molar refractivity (Wildman–Crippen MR) is 110 cm³/mol. The highest BCUT2D eigenvalue weighted by molar-refractivity contribution is 6.09. The molecule has 0 fully saturated rings. The molecular weight excluding hydrogens is 356 g/mol. The quantitative estimate of drug-likeness (QED) is 0.643. The third kappa shape index (κ3) is 4.55. The van der Waals surface area contributed by atoms with Crippen molar-refractivity contribution in [3.63, 3.8) is 0 Å². The van der Waals surface area contributed by atoms with Crippen LogP contribution < -0.4 is 4.90 Å². The summed E-state index contributed by atoms with van der Waals surface area (Å²) in [4.78, 5) is 29.2. The monoisotopic (exact) mass is 388 g/mol. The SMILES string of the molecule is CCN(CC)c1ccc(C2C(C(=O)CC(C)C)=C(O)C(=O)N2CCCO)cc1. The van der Waals surface area contributed by atoms with Crippen molar-refractivity contribution in [1.82, 2.24) is 4.90 Å². The Morgan fingerprint density at radius 1 is 1.18 bits per heavy atom. The lowest BCUT2D eigenvalue weighted by Crippen LogP contribution is -2.32. The van der Waals surface area contributed by atoms with Crippen LogP contribution >= 0.6 is 0 Å². The van der Waals surface area contributed by atoms with Gasteiger partial charge < -0.3 is 20.0 Å². The Morgan fingerprint density at radius 2 is 1.79 bits per heavy atom. The van der Waals surface area contributed by atoms with E-state index in [1.807, 2.05) is 38.1 Å². The van der Waals surface area contributed by atoms with E-state index in [-0.39, 0.29) is 36.8 Å². The summed E-state index contributed by atoms with van der Waals surface area (Å²) in [6.45, 7) is 10.0. The standard InChI is InChI=1S/C22H32N2O4/c1-5-23(6-2)17-10-8-16(9-11-17)20-19(18(26)14-15(3)4)21(27)22(28)24(20)12-7-13-25/h8-11,15,20,25,27H,5-7,12-14H2,1-4H3. The summed E-state index contributed by atoms with van der Waals surface area (Å²) in [6.07, 6.45) is 0.660. The molecule has 1 aromatic carbocycles. The molecule has 1 aliphatic rings. The van der Waals surface area contributed by atoms with Crippen molar-refractivity contribution in [3.8, 4) is 0 Å². The van der Waals surface area contributed by atoms with Crippen LogP contribution in [-0.2, 0) is 9.59 Å². The Labute approximate surface area is 167 Å². The van der Waals surface area contributed by atoms with Crippen molar-refractivity contribution in [3.05, 3.63) is 41.2 Å². The molecule has 0 bridgehead atoms. The van der Waals surface area contributed by atoms with Gasteiger partial charge in [0.05, 0.1) is 11.6 Å². The summed E-state index contributed by atoms with van der Waals surface area (Å²) in [5, 5.41) is 19.7. The Morgan fingerprint density at radius 3 is 2.29 bits per heavy atom. The molecule has 0 spiro atoms. The van der Waals surface area contributed by atoms with Crippen molar-refractivity contribution < 1.29 is 19.8 Å². The van der Waals surface area contributed by atoms with E-state index >= 15 is 0 Å². The summed E-state index contributed by atoms with van der Waals surface area (Å²) in [5.74, 6) is -1.08. The fourth-order valence-electron chi connectivity index (χ4n) is 3.69. The van der Waals surface area contributed by atoms with E-state index in [1.54, 1.807) is 0 Å². The van der Waals surface area contributed by atoms with Gasteiger partial charge in [-0.2, -0.15) is 0 Å². The second-order valence-electron chi connectivity index (χ2n) is 7.53. The fourth-order valence-corrected chi connectivity index (χ4v) is 3.69. The number of carbonyl (C=O) groups is 2. The van der Waals surface area contributed by atoms with Crippen LogP contribution in [0.15, 0.2) is 35.6 Å². The van der Waals surface area contributed by atoms with Gasteiger partial charge in [-0.25, -0.2) is 0 Å².